The van der Waals surface area contributed by atoms with E-state index in [1.54, 1.807) is 18.2 Å². The van der Waals surface area contributed by atoms with Gasteiger partial charge < -0.3 is 23.8 Å². The lowest BCUT2D eigenvalue weighted by Gasteiger charge is -2.53. The van der Waals surface area contributed by atoms with Crippen LogP contribution >= 0.6 is 0 Å². The topological polar surface area (TPSA) is 57.2 Å². The van der Waals surface area contributed by atoms with Crippen molar-refractivity contribution in [3.63, 3.8) is 0 Å². The minimum atomic E-state index is -0.218. The Hall–Kier alpha value is -1.79. The Bertz CT molecular complexity index is 609. The molecule has 1 amide bonds. The largest absolute Gasteiger partial charge is 0.454 e. The van der Waals surface area contributed by atoms with Gasteiger partial charge in [-0.25, -0.2) is 0 Å². The molecule has 124 valence electrons. The number of carbonyl (C=O) groups excluding carboxylic acids is 1. The molecule has 2 saturated heterocycles. The number of ether oxygens (including phenoxy) is 4. The SMILES string of the molecule is CCO[C@@H]1CCOC2(C1)CN(C(=O)c1ccc3c(c1)OCO3)C2. The Morgan fingerprint density at radius 1 is 1.35 bits per heavy atom. The lowest BCUT2D eigenvalue weighted by molar-refractivity contribution is -0.185. The molecular weight excluding hydrogens is 298 g/mol. The van der Waals surface area contributed by atoms with E-state index < -0.39 is 0 Å². The zero-order valence-electron chi connectivity index (χ0n) is 13.2. The molecule has 1 aromatic carbocycles. The molecule has 3 heterocycles. The summed E-state index contributed by atoms with van der Waals surface area (Å²) in [4.78, 5) is 14.4. The summed E-state index contributed by atoms with van der Waals surface area (Å²) < 4.78 is 22.3. The standard InChI is InChI=1S/C17H21NO5/c1-2-20-13-5-6-23-17(8-13)9-18(10-17)16(19)12-3-4-14-15(7-12)22-11-21-14/h3-4,7,13H,2,5-6,8-11H2,1H3/t13-/m1/s1. The number of fused-ring (bicyclic) bond motifs is 1. The van der Waals surface area contributed by atoms with Crippen molar-refractivity contribution in [3.05, 3.63) is 23.8 Å². The van der Waals surface area contributed by atoms with Gasteiger partial charge in [0, 0.05) is 25.2 Å². The lowest BCUT2D eigenvalue weighted by atomic mass is 9.84. The second kappa shape index (κ2) is 5.69. The van der Waals surface area contributed by atoms with Crippen LogP contribution in [-0.2, 0) is 9.47 Å². The molecule has 0 aliphatic carbocycles. The summed E-state index contributed by atoms with van der Waals surface area (Å²) in [5.74, 6) is 1.34. The fourth-order valence-electron chi connectivity index (χ4n) is 3.59. The Morgan fingerprint density at radius 3 is 3.00 bits per heavy atom. The zero-order chi connectivity index (χ0) is 15.9. The zero-order valence-corrected chi connectivity index (χ0v) is 13.2. The van der Waals surface area contributed by atoms with E-state index in [4.69, 9.17) is 18.9 Å². The van der Waals surface area contributed by atoms with Crippen LogP contribution in [0.2, 0.25) is 0 Å². The Labute approximate surface area is 135 Å². The maximum Gasteiger partial charge on any atom is 0.254 e. The third-order valence-corrected chi connectivity index (χ3v) is 4.71. The third kappa shape index (κ3) is 2.66. The van der Waals surface area contributed by atoms with Gasteiger partial charge in [-0.15, -0.1) is 0 Å². The van der Waals surface area contributed by atoms with Gasteiger partial charge >= 0.3 is 0 Å². The molecule has 3 aliphatic heterocycles. The van der Waals surface area contributed by atoms with Crippen molar-refractivity contribution >= 4 is 5.91 Å². The molecule has 0 radical (unpaired) electrons. The molecule has 1 spiro atoms. The molecule has 3 aliphatic rings. The van der Waals surface area contributed by atoms with E-state index >= 15 is 0 Å². The van der Waals surface area contributed by atoms with E-state index in [1.165, 1.54) is 0 Å². The lowest BCUT2D eigenvalue weighted by Crippen LogP contribution is -2.67. The maximum absolute atomic E-state index is 12.6. The smallest absolute Gasteiger partial charge is 0.254 e. The van der Waals surface area contributed by atoms with Gasteiger partial charge in [-0.1, -0.05) is 0 Å². The predicted octanol–water partition coefficient (Wildman–Crippen LogP) is 1.83. The summed E-state index contributed by atoms with van der Waals surface area (Å²) in [7, 11) is 0. The quantitative estimate of drug-likeness (QED) is 0.851. The van der Waals surface area contributed by atoms with Crippen molar-refractivity contribution < 1.29 is 23.7 Å². The molecule has 0 saturated carbocycles. The molecule has 1 atom stereocenters. The highest BCUT2D eigenvalue weighted by Gasteiger charge is 2.49. The fourth-order valence-corrected chi connectivity index (χ4v) is 3.59. The number of likely N-dealkylation sites (tertiary alicyclic amines) is 1. The molecule has 0 bridgehead atoms. The molecule has 0 N–H and O–H groups in total. The second-order valence-electron chi connectivity index (χ2n) is 6.33. The normalized spacial score (nSPS) is 24.6. The highest BCUT2D eigenvalue weighted by molar-refractivity contribution is 5.95. The van der Waals surface area contributed by atoms with Gasteiger partial charge in [0.05, 0.1) is 19.2 Å². The minimum Gasteiger partial charge on any atom is -0.454 e. The van der Waals surface area contributed by atoms with Crippen molar-refractivity contribution in [1.82, 2.24) is 4.90 Å². The number of nitrogens with zero attached hydrogens (tertiary/aromatic N) is 1. The van der Waals surface area contributed by atoms with Crippen LogP contribution < -0.4 is 9.47 Å². The van der Waals surface area contributed by atoms with Gasteiger partial charge in [-0.05, 0) is 31.5 Å². The maximum atomic E-state index is 12.6. The Balaban J connectivity index is 1.40. The van der Waals surface area contributed by atoms with E-state index in [9.17, 15) is 4.79 Å². The second-order valence-corrected chi connectivity index (χ2v) is 6.33. The van der Waals surface area contributed by atoms with E-state index in [-0.39, 0.29) is 24.4 Å². The summed E-state index contributed by atoms with van der Waals surface area (Å²) in [6.45, 7) is 4.91. The van der Waals surface area contributed by atoms with Crippen molar-refractivity contribution in [2.75, 3.05) is 33.1 Å². The van der Waals surface area contributed by atoms with Crippen LogP contribution in [0.25, 0.3) is 0 Å². The third-order valence-electron chi connectivity index (χ3n) is 4.71. The Kier molecular flexibility index (Phi) is 3.66. The molecule has 2 fully saturated rings. The summed E-state index contributed by atoms with van der Waals surface area (Å²) in [5.41, 5.74) is 0.408. The molecule has 1 aromatic rings. The number of carbonyl (C=O) groups is 1. The molecule has 4 rings (SSSR count). The van der Waals surface area contributed by atoms with Crippen LogP contribution in [0.4, 0.5) is 0 Å². The summed E-state index contributed by atoms with van der Waals surface area (Å²) >= 11 is 0. The summed E-state index contributed by atoms with van der Waals surface area (Å²) in [6, 6.07) is 5.32. The molecule has 0 aromatic heterocycles. The first-order chi connectivity index (χ1) is 11.2. The van der Waals surface area contributed by atoms with Crippen molar-refractivity contribution in [1.29, 1.82) is 0 Å². The Morgan fingerprint density at radius 2 is 2.17 bits per heavy atom. The summed E-state index contributed by atoms with van der Waals surface area (Å²) in [5, 5.41) is 0. The number of hydrogen-bond acceptors (Lipinski definition) is 5. The van der Waals surface area contributed by atoms with Crippen LogP contribution in [0.1, 0.15) is 30.1 Å². The molecule has 23 heavy (non-hydrogen) atoms. The van der Waals surface area contributed by atoms with Crippen molar-refractivity contribution in [3.8, 4) is 11.5 Å². The average Bonchev–Trinajstić information content (AvgIpc) is 3.00. The van der Waals surface area contributed by atoms with Gasteiger partial charge in [0.2, 0.25) is 6.79 Å². The highest BCUT2D eigenvalue weighted by Crippen LogP contribution is 2.37. The number of amides is 1. The van der Waals surface area contributed by atoms with Crippen LogP contribution in [0.5, 0.6) is 11.5 Å². The van der Waals surface area contributed by atoms with Crippen LogP contribution in [0, 0.1) is 0 Å². The van der Waals surface area contributed by atoms with Crippen molar-refractivity contribution in [2.45, 2.75) is 31.5 Å². The number of hydrogen-bond donors (Lipinski definition) is 0. The van der Waals surface area contributed by atoms with E-state index in [0.29, 0.717) is 36.8 Å². The van der Waals surface area contributed by atoms with Gasteiger partial charge in [-0.3, -0.25) is 4.79 Å². The van der Waals surface area contributed by atoms with Gasteiger partial charge in [0.1, 0.15) is 5.60 Å². The first kappa shape index (κ1) is 14.8. The van der Waals surface area contributed by atoms with Crippen LogP contribution in [-0.4, -0.2) is 55.6 Å². The fraction of sp³-hybridized carbons (Fsp3) is 0.588. The molecule has 6 nitrogen and oxygen atoms in total. The molecule has 6 heteroatoms. The first-order valence-electron chi connectivity index (χ1n) is 8.14. The monoisotopic (exact) mass is 319 g/mol. The minimum absolute atomic E-state index is 0.0102. The molecule has 0 unspecified atom stereocenters. The average molecular weight is 319 g/mol. The van der Waals surface area contributed by atoms with E-state index in [1.807, 2.05) is 11.8 Å². The van der Waals surface area contributed by atoms with E-state index in [2.05, 4.69) is 0 Å². The highest BCUT2D eigenvalue weighted by atomic mass is 16.7. The molecular formula is C17H21NO5. The van der Waals surface area contributed by atoms with Crippen molar-refractivity contribution in [2.24, 2.45) is 0 Å². The van der Waals surface area contributed by atoms with Gasteiger partial charge in [-0.2, -0.15) is 0 Å². The number of benzene rings is 1. The first-order valence-corrected chi connectivity index (χ1v) is 8.14. The van der Waals surface area contributed by atoms with Gasteiger partial charge in [0.25, 0.3) is 5.91 Å². The van der Waals surface area contributed by atoms with Crippen LogP contribution in [0.3, 0.4) is 0 Å². The van der Waals surface area contributed by atoms with E-state index in [0.717, 1.165) is 19.4 Å². The number of rotatable bonds is 3. The predicted molar refractivity (Wildman–Crippen MR) is 81.8 cm³/mol. The summed E-state index contributed by atoms with van der Waals surface area (Å²) in [6.07, 6.45) is 2.05. The van der Waals surface area contributed by atoms with Crippen LogP contribution in [0.15, 0.2) is 18.2 Å². The van der Waals surface area contributed by atoms with Gasteiger partial charge in [0.15, 0.2) is 11.5 Å².